The van der Waals surface area contributed by atoms with E-state index >= 15 is 0 Å². The first-order valence-corrected chi connectivity index (χ1v) is 12.3. The third-order valence-corrected chi connectivity index (χ3v) is 8.07. The number of aromatic nitrogens is 2. The van der Waals surface area contributed by atoms with E-state index in [1.54, 1.807) is 33.3 Å². The molecule has 0 aliphatic heterocycles. The van der Waals surface area contributed by atoms with E-state index in [1.807, 2.05) is 17.5 Å². The van der Waals surface area contributed by atoms with E-state index < -0.39 is 0 Å². The Hall–Kier alpha value is -1.90. The summed E-state index contributed by atoms with van der Waals surface area (Å²) in [5, 5.41) is 6.26. The molecule has 152 valence electrons. The van der Waals surface area contributed by atoms with Crippen molar-refractivity contribution in [2.45, 2.75) is 44.4 Å². The summed E-state index contributed by atoms with van der Waals surface area (Å²) >= 11 is 4.56. The third-order valence-electron chi connectivity index (χ3n) is 5.06. The van der Waals surface area contributed by atoms with Crippen LogP contribution in [0.5, 0.6) is 0 Å². The number of nitrogens with zero attached hydrogens (tertiary/aromatic N) is 2. The average Bonchev–Trinajstić information content (AvgIpc) is 3.34. The van der Waals surface area contributed by atoms with Crippen LogP contribution in [0.15, 0.2) is 40.1 Å². The number of thiophene rings is 2. The molecule has 0 saturated heterocycles. The highest BCUT2D eigenvalue weighted by atomic mass is 32.2. The molecule has 0 spiro atoms. The number of fused-ring (bicyclic) bond motifs is 3. The van der Waals surface area contributed by atoms with Gasteiger partial charge in [-0.05, 0) is 42.2 Å². The van der Waals surface area contributed by atoms with Gasteiger partial charge in [0.2, 0.25) is 5.91 Å². The molecule has 0 saturated carbocycles. The lowest BCUT2D eigenvalue weighted by Gasteiger charge is -2.17. The van der Waals surface area contributed by atoms with Crippen LogP contribution in [0.3, 0.4) is 0 Å². The Bertz CT molecular complexity index is 1100. The molecule has 5 nitrogen and oxygen atoms in total. The minimum atomic E-state index is -0.0674. The molecule has 0 unspecified atom stereocenters. The van der Waals surface area contributed by atoms with E-state index in [0.29, 0.717) is 24.2 Å². The van der Waals surface area contributed by atoms with Crippen LogP contribution < -0.4 is 10.9 Å². The summed E-state index contributed by atoms with van der Waals surface area (Å²) in [6, 6.07) is 3.96. The van der Waals surface area contributed by atoms with Crippen LogP contribution in [0.1, 0.15) is 28.7 Å². The van der Waals surface area contributed by atoms with Gasteiger partial charge in [0.05, 0.1) is 17.7 Å². The molecule has 3 aromatic heterocycles. The van der Waals surface area contributed by atoms with Crippen molar-refractivity contribution in [3.63, 3.8) is 0 Å². The van der Waals surface area contributed by atoms with Crippen LogP contribution in [-0.2, 0) is 30.7 Å². The predicted molar refractivity (Wildman–Crippen MR) is 122 cm³/mol. The van der Waals surface area contributed by atoms with Crippen LogP contribution in [0.4, 0.5) is 0 Å². The molecule has 29 heavy (non-hydrogen) atoms. The fourth-order valence-electron chi connectivity index (χ4n) is 3.59. The molecule has 0 bridgehead atoms. The molecule has 0 aromatic carbocycles. The van der Waals surface area contributed by atoms with Gasteiger partial charge in [-0.3, -0.25) is 14.2 Å². The highest BCUT2D eigenvalue weighted by Gasteiger charge is 2.24. The smallest absolute Gasteiger partial charge is 0.263 e. The maximum atomic E-state index is 13.2. The molecule has 1 aliphatic carbocycles. The highest BCUT2D eigenvalue weighted by molar-refractivity contribution is 7.99. The molecule has 0 fully saturated rings. The molecular weight excluding hydrogens is 422 g/mol. The van der Waals surface area contributed by atoms with Crippen molar-refractivity contribution in [1.82, 2.24) is 14.9 Å². The Morgan fingerprint density at radius 1 is 1.52 bits per heavy atom. The van der Waals surface area contributed by atoms with Gasteiger partial charge in [-0.1, -0.05) is 30.8 Å². The van der Waals surface area contributed by atoms with E-state index in [2.05, 4.69) is 18.8 Å². The topological polar surface area (TPSA) is 64.0 Å². The third kappa shape index (κ3) is 4.34. The quantitative estimate of drug-likeness (QED) is 0.336. The zero-order valence-corrected chi connectivity index (χ0v) is 18.7. The number of rotatable bonds is 7. The number of amides is 1. The number of carbonyl (C=O) groups excluding carboxylic acids is 1. The van der Waals surface area contributed by atoms with E-state index in [0.717, 1.165) is 34.4 Å². The normalized spacial score (nSPS) is 16.0. The molecule has 1 amide bonds. The Morgan fingerprint density at radius 2 is 2.38 bits per heavy atom. The predicted octanol–water partition coefficient (Wildman–Crippen LogP) is 4.24. The molecule has 3 heterocycles. The summed E-state index contributed by atoms with van der Waals surface area (Å²) in [7, 11) is 0. The lowest BCUT2D eigenvalue weighted by atomic mass is 9.89. The van der Waals surface area contributed by atoms with Crippen LogP contribution in [0.25, 0.3) is 10.2 Å². The van der Waals surface area contributed by atoms with Crippen LogP contribution in [-0.4, -0.2) is 21.2 Å². The lowest BCUT2D eigenvalue weighted by molar-refractivity contribution is -0.118. The van der Waals surface area contributed by atoms with Crippen LogP contribution >= 0.6 is 34.4 Å². The summed E-state index contributed by atoms with van der Waals surface area (Å²) in [6.45, 7) is 6.96. The van der Waals surface area contributed by atoms with E-state index in [9.17, 15) is 9.59 Å². The van der Waals surface area contributed by atoms with Gasteiger partial charge in [-0.2, -0.15) is 0 Å². The molecule has 1 N–H and O–H groups in total. The molecule has 3 aromatic rings. The largest absolute Gasteiger partial charge is 0.350 e. The van der Waals surface area contributed by atoms with Crippen LogP contribution in [0, 0.1) is 5.92 Å². The van der Waals surface area contributed by atoms with Crippen LogP contribution in [0.2, 0.25) is 0 Å². The van der Waals surface area contributed by atoms with Gasteiger partial charge in [0.25, 0.3) is 5.56 Å². The summed E-state index contributed by atoms with van der Waals surface area (Å²) in [4.78, 5) is 33.5. The van der Waals surface area contributed by atoms with Gasteiger partial charge in [-0.25, -0.2) is 4.98 Å². The van der Waals surface area contributed by atoms with Crippen molar-refractivity contribution in [1.29, 1.82) is 0 Å². The second-order valence-corrected chi connectivity index (χ2v) is 10.3. The summed E-state index contributed by atoms with van der Waals surface area (Å²) in [6.07, 6.45) is 4.78. The zero-order chi connectivity index (χ0) is 20.4. The monoisotopic (exact) mass is 445 g/mol. The van der Waals surface area contributed by atoms with E-state index in [1.165, 1.54) is 22.2 Å². The van der Waals surface area contributed by atoms with Gasteiger partial charge in [0.1, 0.15) is 4.83 Å². The van der Waals surface area contributed by atoms with Crippen molar-refractivity contribution in [3.05, 3.63) is 55.8 Å². The number of nitrogens with one attached hydrogen (secondary N) is 1. The van der Waals surface area contributed by atoms with Crippen molar-refractivity contribution in [2.75, 3.05) is 5.75 Å². The van der Waals surface area contributed by atoms with Gasteiger partial charge in [-0.15, -0.1) is 29.3 Å². The Morgan fingerprint density at radius 3 is 3.14 bits per heavy atom. The van der Waals surface area contributed by atoms with E-state index in [4.69, 9.17) is 4.98 Å². The number of aryl methyl sites for hydroxylation is 1. The molecule has 0 radical (unpaired) electrons. The second kappa shape index (κ2) is 8.85. The van der Waals surface area contributed by atoms with Gasteiger partial charge < -0.3 is 5.32 Å². The maximum Gasteiger partial charge on any atom is 0.263 e. The lowest BCUT2D eigenvalue weighted by Crippen LogP contribution is -2.26. The number of allylic oxidation sites excluding steroid dienone is 1. The number of thioether (sulfide) groups is 1. The fourth-order valence-corrected chi connectivity index (χ4v) is 6.49. The zero-order valence-electron chi connectivity index (χ0n) is 16.3. The number of hydrogen-bond acceptors (Lipinski definition) is 6. The molecule has 1 atom stereocenters. The second-order valence-electron chi connectivity index (χ2n) is 7.28. The fraction of sp³-hybridized carbons (Fsp3) is 0.381. The first kappa shape index (κ1) is 20.4. The standard InChI is InChI=1S/C21H23N3O2S3/c1-3-8-24-20(26)18-15-7-6-13(2)10-16(15)29-19(18)23-21(24)28-12-17(25)22-11-14-5-4-9-27-14/h3-5,9,13H,1,6-8,10-12H2,2H3,(H,22,25)/t13-/m0/s1. The summed E-state index contributed by atoms with van der Waals surface area (Å²) in [5.74, 6) is 0.803. The number of carbonyl (C=O) groups is 1. The Labute approximate surface area is 181 Å². The van der Waals surface area contributed by atoms with Gasteiger partial charge in [0, 0.05) is 16.3 Å². The Kier molecular flexibility index (Phi) is 6.22. The first-order chi connectivity index (χ1) is 14.1. The van der Waals surface area contributed by atoms with Crippen molar-refractivity contribution in [3.8, 4) is 0 Å². The molecule has 4 rings (SSSR count). The van der Waals surface area contributed by atoms with Gasteiger partial charge >= 0.3 is 0 Å². The minimum Gasteiger partial charge on any atom is -0.350 e. The maximum absolute atomic E-state index is 13.2. The minimum absolute atomic E-state index is 0.0107. The average molecular weight is 446 g/mol. The molecule has 8 heteroatoms. The first-order valence-electron chi connectivity index (χ1n) is 9.64. The molecule has 1 aliphatic rings. The summed E-state index contributed by atoms with van der Waals surface area (Å²) < 4.78 is 1.65. The summed E-state index contributed by atoms with van der Waals surface area (Å²) in [5.41, 5.74) is 1.17. The Balaban J connectivity index is 1.58. The van der Waals surface area contributed by atoms with E-state index in [-0.39, 0.29) is 17.2 Å². The van der Waals surface area contributed by atoms with Crippen molar-refractivity contribution in [2.24, 2.45) is 5.92 Å². The SMILES string of the molecule is C=CCn1c(SCC(=O)NCc2cccs2)nc2sc3c(c2c1=O)CC[C@H](C)C3. The van der Waals surface area contributed by atoms with Crippen molar-refractivity contribution < 1.29 is 4.79 Å². The van der Waals surface area contributed by atoms with Gasteiger partial charge in [0.15, 0.2) is 5.16 Å². The number of hydrogen-bond donors (Lipinski definition) is 1. The molecular formula is C21H23N3O2S3. The highest BCUT2D eigenvalue weighted by Crippen LogP contribution is 2.36. The van der Waals surface area contributed by atoms with Crippen molar-refractivity contribution >= 4 is 50.6 Å².